The Kier molecular flexibility index (Phi) is 3.37. The van der Waals surface area contributed by atoms with E-state index >= 15 is 0 Å². The zero-order chi connectivity index (χ0) is 14.9. The minimum Gasteiger partial charge on any atom is -0.359 e. The van der Waals surface area contributed by atoms with Crippen LogP contribution < -0.4 is 10.6 Å². The standard InChI is InChI=1S/C11H9F3N6S/c12-11(13,14)4-15-8-7-9(17-5-16-7)20-10(19-8)18-6-1-2-21-3-6/h1-3,5H,4H2,(H3,15,16,17,18,19,20). The van der Waals surface area contributed by atoms with Gasteiger partial charge in [0.1, 0.15) is 12.1 Å². The van der Waals surface area contributed by atoms with E-state index in [0.717, 1.165) is 5.69 Å². The third-order valence-electron chi connectivity index (χ3n) is 2.52. The number of imidazole rings is 1. The van der Waals surface area contributed by atoms with Crippen molar-refractivity contribution >= 4 is 40.0 Å². The molecule has 110 valence electrons. The van der Waals surface area contributed by atoms with Crippen LogP contribution in [0.3, 0.4) is 0 Å². The Morgan fingerprint density at radius 3 is 2.86 bits per heavy atom. The Labute approximate surface area is 120 Å². The molecule has 0 unspecified atom stereocenters. The molecule has 3 N–H and O–H groups in total. The Bertz CT molecular complexity index is 736. The predicted molar refractivity (Wildman–Crippen MR) is 73.8 cm³/mol. The molecule has 0 saturated heterocycles. The fraction of sp³-hybridized carbons (Fsp3) is 0.182. The van der Waals surface area contributed by atoms with E-state index in [2.05, 4.69) is 30.6 Å². The summed E-state index contributed by atoms with van der Waals surface area (Å²) in [6, 6.07) is 1.81. The number of hydrogen-bond acceptors (Lipinski definition) is 6. The van der Waals surface area contributed by atoms with E-state index in [1.165, 1.54) is 17.7 Å². The van der Waals surface area contributed by atoms with Crippen molar-refractivity contribution in [3.05, 3.63) is 23.2 Å². The van der Waals surface area contributed by atoms with Crippen molar-refractivity contribution in [2.45, 2.75) is 6.18 Å². The number of fused-ring (bicyclic) bond motifs is 1. The zero-order valence-corrected chi connectivity index (χ0v) is 11.2. The summed E-state index contributed by atoms with van der Waals surface area (Å²) in [6.45, 7) is -1.18. The maximum absolute atomic E-state index is 12.3. The van der Waals surface area contributed by atoms with Crippen LogP contribution in [-0.4, -0.2) is 32.7 Å². The summed E-state index contributed by atoms with van der Waals surface area (Å²) in [5, 5.41) is 8.86. The van der Waals surface area contributed by atoms with Crippen LogP contribution in [0.15, 0.2) is 23.2 Å². The molecule has 0 fully saturated rings. The molecule has 0 radical (unpaired) electrons. The van der Waals surface area contributed by atoms with E-state index in [1.807, 2.05) is 16.8 Å². The normalized spacial score (nSPS) is 11.8. The molecule has 0 aliphatic carbocycles. The quantitative estimate of drug-likeness (QED) is 0.689. The molecule has 3 aromatic rings. The third-order valence-corrected chi connectivity index (χ3v) is 3.20. The van der Waals surface area contributed by atoms with Crippen LogP contribution in [-0.2, 0) is 0 Å². The van der Waals surface area contributed by atoms with Gasteiger partial charge in [0.05, 0.1) is 12.0 Å². The van der Waals surface area contributed by atoms with Crippen molar-refractivity contribution in [1.29, 1.82) is 0 Å². The highest BCUT2D eigenvalue weighted by molar-refractivity contribution is 7.08. The predicted octanol–water partition coefficient (Wildman–Crippen LogP) is 3.13. The molecule has 0 aromatic carbocycles. The molecule has 21 heavy (non-hydrogen) atoms. The van der Waals surface area contributed by atoms with E-state index in [4.69, 9.17) is 0 Å². The average Bonchev–Trinajstić information content (AvgIpc) is 3.05. The lowest BCUT2D eigenvalue weighted by atomic mass is 10.4. The van der Waals surface area contributed by atoms with Gasteiger partial charge in [0.15, 0.2) is 11.5 Å². The Morgan fingerprint density at radius 2 is 2.14 bits per heavy atom. The Balaban J connectivity index is 1.91. The number of alkyl halides is 3. The number of nitrogens with zero attached hydrogens (tertiary/aromatic N) is 3. The Morgan fingerprint density at radius 1 is 1.29 bits per heavy atom. The topological polar surface area (TPSA) is 78.5 Å². The second-order valence-electron chi connectivity index (χ2n) is 4.10. The van der Waals surface area contributed by atoms with Gasteiger partial charge in [-0.25, -0.2) is 4.98 Å². The number of aromatic amines is 1. The van der Waals surface area contributed by atoms with Crippen LogP contribution in [0, 0.1) is 0 Å². The van der Waals surface area contributed by atoms with Gasteiger partial charge >= 0.3 is 6.18 Å². The minimum absolute atomic E-state index is 0.0487. The van der Waals surface area contributed by atoms with Gasteiger partial charge < -0.3 is 15.6 Å². The van der Waals surface area contributed by atoms with Crippen molar-refractivity contribution < 1.29 is 13.2 Å². The number of nitrogens with one attached hydrogen (secondary N) is 3. The number of rotatable bonds is 4. The first kappa shape index (κ1) is 13.6. The summed E-state index contributed by atoms with van der Waals surface area (Å²) >= 11 is 1.48. The molecule has 0 bridgehead atoms. The summed E-state index contributed by atoms with van der Waals surface area (Å²) in [6.07, 6.45) is -2.98. The lowest BCUT2D eigenvalue weighted by Crippen LogP contribution is -2.22. The summed E-state index contributed by atoms with van der Waals surface area (Å²) in [4.78, 5) is 14.9. The first-order chi connectivity index (χ1) is 10.0. The molecule has 3 aromatic heterocycles. The molecule has 10 heteroatoms. The fourth-order valence-electron chi connectivity index (χ4n) is 1.67. The molecule has 0 aliphatic rings. The van der Waals surface area contributed by atoms with Crippen molar-refractivity contribution in [3.63, 3.8) is 0 Å². The lowest BCUT2D eigenvalue weighted by Gasteiger charge is -2.10. The highest BCUT2D eigenvalue weighted by atomic mass is 32.1. The molecule has 0 spiro atoms. The maximum atomic E-state index is 12.3. The van der Waals surface area contributed by atoms with E-state index in [1.54, 1.807) is 0 Å². The number of thiophene rings is 1. The number of anilines is 3. The van der Waals surface area contributed by atoms with E-state index in [-0.39, 0.29) is 17.4 Å². The summed E-state index contributed by atoms with van der Waals surface area (Å²) in [5.74, 6) is 0.227. The molecular formula is C11H9F3N6S. The maximum Gasteiger partial charge on any atom is 0.405 e. The van der Waals surface area contributed by atoms with Crippen LogP contribution in [0.25, 0.3) is 11.2 Å². The van der Waals surface area contributed by atoms with Gasteiger partial charge in [0, 0.05) is 5.38 Å². The fourth-order valence-corrected chi connectivity index (χ4v) is 2.25. The van der Waals surface area contributed by atoms with Gasteiger partial charge in [-0.1, -0.05) is 0 Å². The van der Waals surface area contributed by atoms with Gasteiger partial charge in [0.2, 0.25) is 5.95 Å². The van der Waals surface area contributed by atoms with E-state index in [0.29, 0.717) is 5.52 Å². The van der Waals surface area contributed by atoms with Crippen molar-refractivity contribution in [3.8, 4) is 0 Å². The summed E-state index contributed by atoms with van der Waals surface area (Å²) in [5.41, 5.74) is 1.37. The molecule has 0 aliphatic heterocycles. The van der Waals surface area contributed by atoms with E-state index in [9.17, 15) is 13.2 Å². The van der Waals surface area contributed by atoms with Crippen LogP contribution in [0.5, 0.6) is 0 Å². The van der Waals surface area contributed by atoms with Crippen molar-refractivity contribution in [2.24, 2.45) is 0 Å². The molecule has 0 amide bonds. The SMILES string of the molecule is FC(F)(F)CNc1nc(Nc2ccsc2)nc2nc[nH]c12. The number of H-pyrrole nitrogens is 1. The summed E-state index contributed by atoms with van der Waals surface area (Å²) < 4.78 is 37.0. The van der Waals surface area contributed by atoms with Gasteiger partial charge in [-0.05, 0) is 11.4 Å². The van der Waals surface area contributed by atoms with Gasteiger partial charge in [0.25, 0.3) is 0 Å². The largest absolute Gasteiger partial charge is 0.405 e. The molecule has 0 saturated carbocycles. The van der Waals surface area contributed by atoms with Crippen molar-refractivity contribution in [1.82, 2.24) is 19.9 Å². The van der Waals surface area contributed by atoms with Gasteiger partial charge in [-0.2, -0.15) is 34.5 Å². The van der Waals surface area contributed by atoms with Gasteiger partial charge in [-0.3, -0.25) is 0 Å². The Hall–Kier alpha value is -2.36. The summed E-state index contributed by atoms with van der Waals surface area (Å²) in [7, 11) is 0. The smallest absolute Gasteiger partial charge is 0.359 e. The molecule has 3 heterocycles. The molecule has 6 nitrogen and oxygen atoms in total. The van der Waals surface area contributed by atoms with Crippen LogP contribution >= 0.6 is 11.3 Å². The molecule has 3 rings (SSSR count). The number of hydrogen-bond donors (Lipinski definition) is 3. The average molecular weight is 314 g/mol. The monoisotopic (exact) mass is 314 g/mol. The molecule has 0 atom stereocenters. The zero-order valence-electron chi connectivity index (χ0n) is 10.4. The minimum atomic E-state index is -4.34. The number of halogens is 3. The van der Waals surface area contributed by atoms with Crippen molar-refractivity contribution in [2.75, 3.05) is 17.2 Å². The lowest BCUT2D eigenvalue weighted by molar-refractivity contribution is -0.115. The van der Waals surface area contributed by atoms with Crippen LogP contribution in [0.2, 0.25) is 0 Å². The first-order valence-corrected chi connectivity index (χ1v) is 6.76. The highest BCUT2D eigenvalue weighted by Crippen LogP contribution is 2.23. The van der Waals surface area contributed by atoms with E-state index < -0.39 is 12.7 Å². The van der Waals surface area contributed by atoms with Gasteiger partial charge in [-0.15, -0.1) is 0 Å². The highest BCUT2D eigenvalue weighted by Gasteiger charge is 2.27. The van der Waals surface area contributed by atoms with Crippen LogP contribution in [0.4, 0.5) is 30.6 Å². The second-order valence-corrected chi connectivity index (χ2v) is 4.88. The molecular weight excluding hydrogens is 305 g/mol. The number of aromatic nitrogens is 4. The van der Waals surface area contributed by atoms with Crippen LogP contribution in [0.1, 0.15) is 0 Å². The second kappa shape index (κ2) is 5.20. The first-order valence-electron chi connectivity index (χ1n) is 5.82. The third kappa shape index (κ3) is 3.21.